The molecule has 0 aromatic heterocycles. The number of azo groups is 1. The fourth-order valence-electron chi connectivity index (χ4n) is 3.98. The molecule has 0 aliphatic carbocycles. The third-order valence-electron chi connectivity index (χ3n) is 6.23. The van der Waals surface area contributed by atoms with Crippen molar-refractivity contribution in [2.75, 3.05) is 13.1 Å². The molecular formula is C22H36N6O3S. The van der Waals surface area contributed by atoms with Gasteiger partial charge >= 0.3 is 0 Å². The minimum Gasteiger partial charge on any atom is -0.286 e. The van der Waals surface area contributed by atoms with E-state index in [1.165, 1.54) is 12.1 Å². The molecule has 2 aliphatic heterocycles. The molecule has 0 saturated heterocycles. The largest absolute Gasteiger partial charge is 0.294 e. The smallest absolute Gasteiger partial charge is 0.286 e. The number of nitrogens with zero attached hydrogens (tertiary/aromatic N) is 4. The van der Waals surface area contributed by atoms with E-state index >= 15 is 0 Å². The van der Waals surface area contributed by atoms with Crippen LogP contribution in [0.3, 0.4) is 0 Å². The number of aliphatic imine (C=N–C) groups is 2. The topological polar surface area (TPSA) is 128 Å². The molecule has 1 aromatic rings. The maximum atomic E-state index is 10.4. The standard InChI is InChI=1S/C16H30N6.C6H6O3S/c1-7-15(17-9-10-18-15)13(3,4)21-22-14(5,6)16(8-2)19-11-12-20-16;7-10(8,9)6-4-2-1-3-5-6/h9,11,18,20H,7-8,10,12H2,1-6H3;1-5H,(H,7,8,9). The van der Waals surface area contributed by atoms with E-state index in [0.717, 1.165) is 25.9 Å². The number of benzene rings is 1. The summed E-state index contributed by atoms with van der Waals surface area (Å²) in [6.07, 6.45) is 5.63. The summed E-state index contributed by atoms with van der Waals surface area (Å²) in [7, 11) is -4.00. The Kier molecular flexibility index (Phi) is 8.09. The van der Waals surface area contributed by atoms with Crippen molar-refractivity contribution >= 4 is 22.5 Å². The maximum Gasteiger partial charge on any atom is 0.294 e. The van der Waals surface area contributed by atoms with Crippen LogP contribution >= 0.6 is 0 Å². The van der Waals surface area contributed by atoms with E-state index in [0.29, 0.717) is 0 Å². The van der Waals surface area contributed by atoms with E-state index in [4.69, 9.17) is 14.8 Å². The third kappa shape index (κ3) is 5.48. The van der Waals surface area contributed by atoms with Gasteiger partial charge in [-0.15, -0.1) is 0 Å². The van der Waals surface area contributed by atoms with Crippen LogP contribution in [-0.2, 0) is 10.1 Å². The molecule has 9 nitrogen and oxygen atoms in total. The minimum atomic E-state index is -4.00. The van der Waals surface area contributed by atoms with Crippen molar-refractivity contribution in [2.24, 2.45) is 20.2 Å². The van der Waals surface area contributed by atoms with Crippen molar-refractivity contribution in [3.05, 3.63) is 30.3 Å². The maximum absolute atomic E-state index is 10.4. The number of hydrogen-bond donors (Lipinski definition) is 3. The Morgan fingerprint density at radius 2 is 1.31 bits per heavy atom. The molecule has 0 spiro atoms. The van der Waals surface area contributed by atoms with Crippen LogP contribution in [0.1, 0.15) is 54.4 Å². The highest BCUT2D eigenvalue weighted by Crippen LogP contribution is 2.37. The Bertz CT molecular complexity index is 915. The Labute approximate surface area is 191 Å². The van der Waals surface area contributed by atoms with Crippen LogP contribution in [0.4, 0.5) is 0 Å². The van der Waals surface area contributed by atoms with Gasteiger partial charge in [0.2, 0.25) is 0 Å². The zero-order chi connectivity index (χ0) is 24.1. The third-order valence-corrected chi connectivity index (χ3v) is 7.10. The zero-order valence-corrected chi connectivity index (χ0v) is 20.6. The van der Waals surface area contributed by atoms with Crippen LogP contribution in [0.5, 0.6) is 0 Å². The summed E-state index contributed by atoms with van der Waals surface area (Å²) in [4.78, 5) is 9.24. The quantitative estimate of drug-likeness (QED) is 0.420. The van der Waals surface area contributed by atoms with Gasteiger partial charge in [0.15, 0.2) is 0 Å². The van der Waals surface area contributed by atoms with Crippen molar-refractivity contribution in [1.29, 1.82) is 0 Å². The lowest BCUT2D eigenvalue weighted by Gasteiger charge is -2.41. The van der Waals surface area contributed by atoms with Crippen LogP contribution in [0.2, 0.25) is 0 Å². The summed E-state index contributed by atoms with van der Waals surface area (Å²) in [6.45, 7) is 14.2. The van der Waals surface area contributed by atoms with E-state index in [-0.39, 0.29) is 16.2 Å². The minimum absolute atomic E-state index is 0.0741. The molecule has 0 saturated carbocycles. The summed E-state index contributed by atoms with van der Waals surface area (Å²) in [5, 5.41) is 16.4. The fourth-order valence-corrected chi connectivity index (χ4v) is 4.48. The first-order valence-corrected chi connectivity index (χ1v) is 12.3. The summed E-state index contributed by atoms with van der Waals surface area (Å²) in [5.41, 5.74) is -1.55. The van der Waals surface area contributed by atoms with Gasteiger partial charge in [-0.25, -0.2) is 0 Å². The first-order chi connectivity index (χ1) is 14.8. The lowest BCUT2D eigenvalue weighted by atomic mass is 9.85. The molecule has 0 bridgehead atoms. The first kappa shape index (κ1) is 26.2. The normalized spacial score (nSPS) is 25.8. The monoisotopic (exact) mass is 464 g/mol. The van der Waals surface area contributed by atoms with Crippen molar-refractivity contribution in [3.63, 3.8) is 0 Å². The van der Waals surface area contributed by atoms with E-state index in [9.17, 15) is 8.42 Å². The van der Waals surface area contributed by atoms with Gasteiger partial charge in [0, 0.05) is 25.5 Å². The average molecular weight is 465 g/mol. The fraction of sp³-hybridized carbons (Fsp3) is 0.636. The van der Waals surface area contributed by atoms with Gasteiger partial charge in [-0.2, -0.15) is 18.6 Å². The van der Waals surface area contributed by atoms with E-state index < -0.39 is 21.2 Å². The molecule has 1 aromatic carbocycles. The van der Waals surface area contributed by atoms with E-state index in [1.54, 1.807) is 18.2 Å². The molecule has 2 atom stereocenters. The highest BCUT2D eigenvalue weighted by atomic mass is 32.2. The molecule has 178 valence electrons. The highest BCUT2D eigenvalue weighted by molar-refractivity contribution is 7.85. The number of hydrogen-bond acceptors (Lipinski definition) is 8. The molecule has 2 aliphatic rings. The molecule has 0 amide bonds. The van der Waals surface area contributed by atoms with Gasteiger partial charge in [0.05, 0.1) is 4.90 Å². The van der Waals surface area contributed by atoms with Crippen molar-refractivity contribution in [2.45, 2.75) is 81.7 Å². The first-order valence-electron chi connectivity index (χ1n) is 10.9. The summed E-state index contributed by atoms with van der Waals surface area (Å²) >= 11 is 0. The SMILES string of the molecule is CCC1(C(C)(C)N=NC(C)(C)C2(CC)N=CCN2)N=CCN1.O=S(=O)(O)c1ccccc1. The van der Waals surface area contributed by atoms with Gasteiger partial charge in [-0.1, -0.05) is 32.0 Å². The molecule has 32 heavy (non-hydrogen) atoms. The molecule has 2 heterocycles. The predicted octanol–water partition coefficient (Wildman–Crippen LogP) is 3.49. The lowest BCUT2D eigenvalue weighted by Crippen LogP contribution is -2.57. The van der Waals surface area contributed by atoms with Crippen molar-refractivity contribution in [3.8, 4) is 0 Å². The Morgan fingerprint density at radius 3 is 1.56 bits per heavy atom. The molecular weight excluding hydrogens is 428 g/mol. The Balaban J connectivity index is 0.000000303. The molecule has 2 unspecified atom stereocenters. The van der Waals surface area contributed by atoms with Gasteiger partial charge in [0.1, 0.15) is 22.4 Å². The van der Waals surface area contributed by atoms with Crippen LogP contribution in [0.15, 0.2) is 55.4 Å². The Morgan fingerprint density at radius 1 is 0.906 bits per heavy atom. The van der Waals surface area contributed by atoms with Crippen LogP contribution < -0.4 is 10.6 Å². The van der Waals surface area contributed by atoms with E-state index in [2.05, 4.69) is 62.2 Å². The van der Waals surface area contributed by atoms with Gasteiger partial charge in [0.25, 0.3) is 10.1 Å². The highest BCUT2D eigenvalue weighted by Gasteiger charge is 2.48. The van der Waals surface area contributed by atoms with Gasteiger partial charge in [-0.3, -0.25) is 25.2 Å². The van der Waals surface area contributed by atoms with Crippen LogP contribution in [-0.4, -0.2) is 60.9 Å². The van der Waals surface area contributed by atoms with E-state index in [1.807, 2.05) is 12.4 Å². The second kappa shape index (κ2) is 9.86. The summed E-state index contributed by atoms with van der Waals surface area (Å²) < 4.78 is 29.2. The molecule has 0 radical (unpaired) electrons. The number of nitrogens with one attached hydrogen (secondary N) is 2. The molecule has 10 heteroatoms. The van der Waals surface area contributed by atoms with Gasteiger partial charge in [-0.05, 0) is 52.7 Å². The summed E-state index contributed by atoms with van der Waals surface area (Å²) in [5.74, 6) is 0. The summed E-state index contributed by atoms with van der Waals surface area (Å²) in [6, 6.07) is 7.42. The molecule has 0 fully saturated rings. The van der Waals surface area contributed by atoms with Crippen molar-refractivity contribution in [1.82, 2.24) is 10.6 Å². The van der Waals surface area contributed by atoms with Crippen LogP contribution in [0.25, 0.3) is 0 Å². The zero-order valence-electron chi connectivity index (χ0n) is 19.8. The second-order valence-corrected chi connectivity index (χ2v) is 10.3. The van der Waals surface area contributed by atoms with Crippen molar-refractivity contribution < 1.29 is 13.0 Å². The lowest BCUT2D eigenvalue weighted by molar-refractivity contribution is 0.179. The Hall–Kier alpha value is -2.01. The van der Waals surface area contributed by atoms with Crippen LogP contribution in [0, 0.1) is 0 Å². The molecule has 3 rings (SSSR count). The predicted molar refractivity (Wildman–Crippen MR) is 128 cm³/mol. The average Bonchev–Trinajstić information content (AvgIpc) is 3.44. The molecule has 3 N–H and O–H groups in total. The second-order valence-electron chi connectivity index (χ2n) is 8.92. The number of rotatable bonds is 7. The van der Waals surface area contributed by atoms with Gasteiger partial charge < -0.3 is 0 Å².